The SMILES string of the molecule is CN=C(NCc1ccc(CN2CCOCC2)cc1)NCC(OC)C(C)(C)C. The molecule has 27 heavy (non-hydrogen) atoms. The number of hydrogen-bond acceptors (Lipinski definition) is 4. The molecule has 0 radical (unpaired) electrons. The molecule has 1 saturated heterocycles. The summed E-state index contributed by atoms with van der Waals surface area (Å²) in [5.41, 5.74) is 2.66. The zero-order chi connectivity index (χ0) is 19.7. The fourth-order valence-corrected chi connectivity index (χ4v) is 3.12. The molecule has 1 aromatic carbocycles. The number of methoxy groups -OCH3 is 1. The Balaban J connectivity index is 1.78. The molecule has 1 heterocycles. The fraction of sp³-hybridized carbons (Fsp3) is 0.667. The predicted octanol–water partition coefficient (Wildman–Crippen LogP) is 2.24. The molecule has 2 N–H and O–H groups in total. The molecule has 2 rings (SSSR count). The average molecular weight is 377 g/mol. The van der Waals surface area contributed by atoms with E-state index in [0.717, 1.165) is 51.9 Å². The highest BCUT2D eigenvalue weighted by Crippen LogP contribution is 2.20. The largest absolute Gasteiger partial charge is 0.379 e. The van der Waals surface area contributed by atoms with Gasteiger partial charge in [-0.2, -0.15) is 0 Å². The number of rotatable bonds is 7. The van der Waals surface area contributed by atoms with E-state index in [1.54, 1.807) is 14.2 Å². The Kier molecular flexibility index (Phi) is 8.54. The molecule has 152 valence electrons. The molecule has 0 amide bonds. The Labute approximate surface area is 164 Å². The third-order valence-electron chi connectivity index (χ3n) is 4.92. The van der Waals surface area contributed by atoms with Gasteiger partial charge < -0.3 is 20.1 Å². The van der Waals surface area contributed by atoms with Crippen molar-refractivity contribution >= 4 is 5.96 Å². The molecule has 6 heteroatoms. The Bertz CT molecular complexity index is 575. The summed E-state index contributed by atoms with van der Waals surface area (Å²) in [6, 6.07) is 8.79. The molecule has 1 unspecified atom stereocenters. The minimum atomic E-state index is 0.0803. The topological polar surface area (TPSA) is 58.1 Å². The van der Waals surface area contributed by atoms with E-state index >= 15 is 0 Å². The van der Waals surface area contributed by atoms with Crippen molar-refractivity contribution in [1.29, 1.82) is 0 Å². The Morgan fingerprint density at radius 1 is 1.15 bits per heavy atom. The van der Waals surface area contributed by atoms with Crippen LogP contribution in [0.25, 0.3) is 0 Å². The van der Waals surface area contributed by atoms with Gasteiger partial charge in [-0.3, -0.25) is 9.89 Å². The monoisotopic (exact) mass is 376 g/mol. The number of hydrogen-bond donors (Lipinski definition) is 2. The maximum atomic E-state index is 5.59. The second kappa shape index (κ2) is 10.6. The minimum absolute atomic E-state index is 0.0803. The molecule has 1 aliphatic rings. The van der Waals surface area contributed by atoms with Crippen LogP contribution in [0.4, 0.5) is 0 Å². The van der Waals surface area contributed by atoms with E-state index in [1.165, 1.54) is 11.1 Å². The normalized spacial score (nSPS) is 17.6. The summed E-state index contributed by atoms with van der Waals surface area (Å²) in [4.78, 5) is 6.74. The van der Waals surface area contributed by atoms with Crippen LogP contribution in [0, 0.1) is 5.41 Å². The average Bonchev–Trinajstić information content (AvgIpc) is 2.65. The molecule has 0 bridgehead atoms. The lowest BCUT2D eigenvalue weighted by Crippen LogP contribution is -2.45. The summed E-state index contributed by atoms with van der Waals surface area (Å²) >= 11 is 0. The lowest BCUT2D eigenvalue weighted by Gasteiger charge is -2.30. The summed E-state index contributed by atoms with van der Waals surface area (Å²) in [6.45, 7) is 12.7. The lowest BCUT2D eigenvalue weighted by molar-refractivity contribution is 0.0205. The molecule has 1 atom stereocenters. The molecular formula is C21H36N4O2. The minimum Gasteiger partial charge on any atom is -0.379 e. The van der Waals surface area contributed by atoms with Crippen LogP contribution in [-0.2, 0) is 22.6 Å². The number of nitrogens with zero attached hydrogens (tertiary/aromatic N) is 2. The van der Waals surface area contributed by atoms with Crippen molar-refractivity contribution in [1.82, 2.24) is 15.5 Å². The van der Waals surface area contributed by atoms with Crippen LogP contribution in [0.3, 0.4) is 0 Å². The molecule has 1 aromatic rings. The second-order valence-electron chi connectivity index (χ2n) is 8.10. The first-order chi connectivity index (χ1) is 12.9. The number of aliphatic imine (C=N–C) groups is 1. The standard InChI is InChI=1S/C21H36N4O2/c1-21(2,3)19(26-5)15-24-20(22-4)23-14-17-6-8-18(9-7-17)16-25-10-12-27-13-11-25/h6-9,19H,10-16H2,1-5H3,(H2,22,23,24). The molecular weight excluding hydrogens is 340 g/mol. The smallest absolute Gasteiger partial charge is 0.191 e. The third-order valence-corrected chi connectivity index (χ3v) is 4.92. The van der Waals surface area contributed by atoms with Gasteiger partial charge in [-0.25, -0.2) is 0 Å². The van der Waals surface area contributed by atoms with Gasteiger partial charge in [-0.15, -0.1) is 0 Å². The summed E-state index contributed by atoms with van der Waals surface area (Å²) < 4.78 is 11.0. The van der Waals surface area contributed by atoms with Crippen molar-refractivity contribution in [2.24, 2.45) is 10.4 Å². The number of benzene rings is 1. The van der Waals surface area contributed by atoms with E-state index in [1.807, 2.05) is 0 Å². The van der Waals surface area contributed by atoms with Gasteiger partial charge in [-0.05, 0) is 16.5 Å². The Morgan fingerprint density at radius 2 is 1.78 bits per heavy atom. The van der Waals surface area contributed by atoms with Crippen molar-refractivity contribution in [2.75, 3.05) is 47.0 Å². The quantitative estimate of drug-likeness (QED) is 0.565. The first-order valence-corrected chi connectivity index (χ1v) is 9.77. The van der Waals surface area contributed by atoms with Crippen molar-refractivity contribution < 1.29 is 9.47 Å². The first-order valence-electron chi connectivity index (χ1n) is 9.77. The van der Waals surface area contributed by atoms with Gasteiger partial charge in [0.1, 0.15) is 0 Å². The molecule has 1 fully saturated rings. The number of guanidine groups is 1. The van der Waals surface area contributed by atoms with E-state index < -0.39 is 0 Å². The molecule has 0 saturated carbocycles. The van der Waals surface area contributed by atoms with Crippen molar-refractivity contribution in [3.63, 3.8) is 0 Å². The van der Waals surface area contributed by atoms with Crippen LogP contribution >= 0.6 is 0 Å². The van der Waals surface area contributed by atoms with Gasteiger partial charge in [0.15, 0.2) is 5.96 Å². The van der Waals surface area contributed by atoms with Crippen LogP contribution in [0.2, 0.25) is 0 Å². The van der Waals surface area contributed by atoms with E-state index in [0.29, 0.717) is 0 Å². The lowest BCUT2D eigenvalue weighted by atomic mass is 9.89. The van der Waals surface area contributed by atoms with Crippen molar-refractivity contribution in [3.05, 3.63) is 35.4 Å². The zero-order valence-electron chi connectivity index (χ0n) is 17.5. The van der Waals surface area contributed by atoms with Crippen molar-refractivity contribution in [2.45, 2.75) is 40.0 Å². The maximum absolute atomic E-state index is 5.59. The van der Waals surface area contributed by atoms with E-state index in [9.17, 15) is 0 Å². The highest BCUT2D eigenvalue weighted by molar-refractivity contribution is 5.79. The molecule has 0 aromatic heterocycles. The number of nitrogens with one attached hydrogen (secondary N) is 2. The zero-order valence-corrected chi connectivity index (χ0v) is 17.5. The van der Waals surface area contributed by atoms with Crippen LogP contribution < -0.4 is 10.6 Å². The molecule has 0 aliphatic carbocycles. The summed E-state index contributed by atoms with van der Waals surface area (Å²) in [7, 11) is 3.55. The Hall–Kier alpha value is -1.63. The number of ether oxygens (including phenoxy) is 2. The highest BCUT2D eigenvalue weighted by atomic mass is 16.5. The van der Waals surface area contributed by atoms with E-state index in [-0.39, 0.29) is 11.5 Å². The fourth-order valence-electron chi connectivity index (χ4n) is 3.12. The van der Waals surface area contributed by atoms with Gasteiger partial charge in [0.05, 0.1) is 19.3 Å². The highest BCUT2D eigenvalue weighted by Gasteiger charge is 2.24. The van der Waals surface area contributed by atoms with Gasteiger partial charge in [0.25, 0.3) is 0 Å². The predicted molar refractivity (Wildman–Crippen MR) is 111 cm³/mol. The summed E-state index contributed by atoms with van der Waals surface area (Å²) in [6.07, 6.45) is 0.121. The Morgan fingerprint density at radius 3 is 2.33 bits per heavy atom. The molecule has 1 aliphatic heterocycles. The molecule has 0 spiro atoms. The first kappa shape index (κ1) is 21.7. The van der Waals surface area contributed by atoms with E-state index in [2.05, 4.69) is 65.6 Å². The summed E-state index contributed by atoms with van der Waals surface area (Å²) in [5.74, 6) is 0.790. The van der Waals surface area contributed by atoms with E-state index in [4.69, 9.17) is 9.47 Å². The van der Waals surface area contributed by atoms with Gasteiger partial charge in [0, 0.05) is 46.9 Å². The van der Waals surface area contributed by atoms with Crippen molar-refractivity contribution in [3.8, 4) is 0 Å². The van der Waals surface area contributed by atoms with Crippen LogP contribution in [0.5, 0.6) is 0 Å². The van der Waals surface area contributed by atoms with Gasteiger partial charge >= 0.3 is 0 Å². The summed E-state index contributed by atoms with van der Waals surface area (Å²) in [5, 5.41) is 6.73. The van der Waals surface area contributed by atoms with Gasteiger partial charge in [0.2, 0.25) is 0 Å². The number of morpholine rings is 1. The van der Waals surface area contributed by atoms with Gasteiger partial charge in [-0.1, -0.05) is 45.0 Å². The maximum Gasteiger partial charge on any atom is 0.191 e. The van der Waals surface area contributed by atoms with Crippen LogP contribution in [-0.4, -0.2) is 64.0 Å². The van der Waals surface area contributed by atoms with Crippen LogP contribution in [0.15, 0.2) is 29.3 Å². The van der Waals surface area contributed by atoms with Crippen LogP contribution in [0.1, 0.15) is 31.9 Å². The molecule has 6 nitrogen and oxygen atoms in total. The third kappa shape index (κ3) is 7.48. The second-order valence-corrected chi connectivity index (χ2v) is 8.10.